The van der Waals surface area contributed by atoms with Gasteiger partial charge in [-0.1, -0.05) is 23.2 Å². The van der Waals surface area contributed by atoms with Crippen molar-refractivity contribution in [3.05, 3.63) is 16.6 Å². The average molecular weight is 281 g/mol. The highest BCUT2D eigenvalue weighted by Gasteiger charge is 2.33. The summed E-state index contributed by atoms with van der Waals surface area (Å²) in [4.78, 5) is 20.9. The van der Waals surface area contributed by atoms with Crippen LogP contribution in [0.5, 0.6) is 0 Å². The maximum absolute atomic E-state index is 11.7. The number of amides is 1. The van der Waals surface area contributed by atoms with Crippen molar-refractivity contribution < 1.29 is 4.79 Å². The minimum Gasteiger partial charge on any atom is -0.307 e. The van der Waals surface area contributed by atoms with Crippen molar-refractivity contribution in [3.8, 4) is 0 Å². The average Bonchev–Trinajstić information content (AvgIpc) is 2.60. The van der Waals surface area contributed by atoms with Crippen molar-refractivity contribution in [1.82, 2.24) is 9.97 Å². The minimum atomic E-state index is -0.0516. The standard InChI is InChI=1S/C9H8Cl3N3O/c10-2-5-1-6(16)15(3-5)7-8(11)13-4-14-9(7)12/h4-5H,1-3H2. The molecule has 0 aliphatic carbocycles. The van der Waals surface area contributed by atoms with E-state index in [-0.39, 0.29) is 22.1 Å². The highest BCUT2D eigenvalue weighted by atomic mass is 35.5. The monoisotopic (exact) mass is 279 g/mol. The van der Waals surface area contributed by atoms with Gasteiger partial charge in [-0.25, -0.2) is 9.97 Å². The van der Waals surface area contributed by atoms with Crippen LogP contribution in [0.1, 0.15) is 6.42 Å². The maximum atomic E-state index is 11.7. The molecule has 1 saturated heterocycles. The van der Waals surface area contributed by atoms with Gasteiger partial charge in [0.05, 0.1) is 0 Å². The smallest absolute Gasteiger partial charge is 0.227 e. The van der Waals surface area contributed by atoms with Gasteiger partial charge >= 0.3 is 0 Å². The van der Waals surface area contributed by atoms with E-state index in [0.717, 1.165) is 0 Å². The quantitative estimate of drug-likeness (QED) is 0.617. The molecule has 86 valence electrons. The summed E-state index contributed by atoms with van der Waals surface area (Å²) in [6.45, 7) is 0.509. The van der Waals surface area contributed by atoms with E-state index < -0.39 is 0 Å². The Labute approximate surface area is 108 Å². The molecule has 1 amide bonds. The van der Waals surface area contributed by atoms with Crippen LogP contribution in [0, 0.1) is 5.92 Å². The maximum Gasteiger partial charge on any atom is 0.227 e. The lowest BCUT2D eigenvalue weighted by atomic mass is 10.1. The Morgan fingerprint density at radius 3 is 2.50 bits per heavy atom. The SMILES string of the molecule is O=C1CC(CCl)CN1c1c(Cl)ncnc1Cl. The zero-order valence-electron chi connectivity index (χ0n) is 8.16. The molecule has 0 N–H and O–H groups in total. The summed E-state index contributed by atoms with van der Waals surface area (Å²) in [5.41, 5.74) is 0.378. The molecule has 16 heavy (non-hydrogen) atoms. The van der Waals surface area contributed by atoms with Gasteiger partial charge < -0.3 is 4.90 Å². The first-order valence-corrected chi connectivity index (χ1v) is 5.95. The van der Waals surface area contributed by atoms with Crippen LogP contribution in [0.2, 0.25) is 10.3 Å². The van der Waals surface area contributed by atoms with E-state index in [2.05, 4.69) is 9.97 Å². The molecule has 7 heteroatoms. The summed E-state index contributed by atoms with van der Waals surface area (Å²) in [6, 6.07) is 0. The van der Waals surface area contributed by atoms with E-state index in [1.807, 2.05) is 0 Å². The Hall–Kier alpha value is -0.580. The fourth-order valence-corrected chi connectivity index (χ4v) is 2.39. The number of alkyl halides is 1. The van der Waals surface area contributed by atoms with E-state index in [4.69, 9.17) is 34.8 Å². The van der Waals surface area contributed by atoms with Crippen LogP contribution in [-0.2, 0) is 4.79 Å². The molecule has 0 bridgehead atoms. The van der Waals surface area contributed by atoms with Crippen LogP contribution in [0.4, 0.5) is 5.69 Å². The van der Waals surface area contributed by atoms with Crippen molar-refractivity contribution in [2.24, 2.45) is 5.92 Å². The molecule has 0 aromatic carbocycles. The number of hydrogen-bond acceptors (Lipinski definition) is 3. The Morgan fingerprint density at radius 2 is 2.00 bits per heavy atom. The molecule has 2 rings (SSSR count). The van der Waals surface area contributed by atoms with E-state index >= 15 is 0 Å². The lowest BCUT2D eigenvalue weighted by Gasteiger charge is -2.17. The number of aromatic nitrogens is 2. The summed E-state index contributed by atoms with van der Waals surface area (Å²) >= 11 is 17.5. The predicted molar refractivity (Wildman–Crippen MR) is 63.2 cm³/mol. The highest BCUT2D eigenvalue weighted by Crippen LogP contribution is 2.34. The van der Waals surface area contributed by atoms with Crippen LogP contribution in [-0.4, -0.2) is 28.3 Å². The highest BCUT2D eigenvalue weighted by molar-refractivity contribution is 6.38. The van der Waals surface area contributed by atoms with Gasteiger partial charge in [0.25, 0.3) is 0 Å². The summed E-state index contributed by atoms with van der Waals surface area (Å²) < 4.78 is 0. The second-order valence-corrected chi connectivity index (χ2v) is 4.56. The van der Waals surface area contributed by atoms with Crippen LogP contribution < -0.4 is 4.90 Å². The van der Waals surface area contributed by atoms with Crippen LogP contribution in [0.3, 0.4) is 0 Å². The van der Waals surface area contributed by atoms with Crippen molar-refractivity contribution in [2.75, 3.05) is 17.3 Å². The molecule has 0 radical (unpaired) electrons. The minimum absolute atomic E-state index is 0.0516. The normalized spacial score (nSPS) is 20.6. The van der Waals surface area contributed by atoms with Gasteiger partial charge in [-0.2, -0.15) is 0 Å². The Kier molecular flexibility index (Phi) is 3.52. The van der Waals surface area contributed by atoms with Crippen LogP contribution in [0.15, 0.2) is 6.33 Å². The molecule has 1 aromatic heterocycles. The lowest BCUT2D eigenvalue weighted by molar-refractivity contribution is -0.117. The van der Waals surface area contributed by atoms with E-state index in [1.54, 1.807) is 0 Å². The van der Waals surface area contributed by atoms with Gasteiger partial charge in [0.2, 0.25) is 5.91 Å². The Balaban J connectivity index is 2.35. The first-order valence-electron chi connectivity index (χ1n) is 4.65. The molecular weight excluding hydrogens is 272 g/mol. The molecule has 0 saturated carbocycles. The van der Waals surface area contributed by atoms with Gasteiger partial charge in [-0.15, -0.1) is 11.6 Å². The first-order chi connectivity index (χ1) is 7.63. The van der Waals surface area contributed by atoms with Crippen molar-refractivity contribution in [1.29, 1.82) is 0 Å². The number of nitrogens with zero attached hydrogens (tertiary/aromatic N) is 3. The number of hydrogen-bond donors (Lipinski definition) is 0. The number of halogens is 3. The van der Waals surface area contributed by atoms with Crippen molar-refractivity contribution >= 4 is 46.4 Å². The zero-order chi connectivity index (χ0) is 11.7. The molecular formula is C9H8Cl3N3O. The summed E-state index contributed by atoms with van der Waals surface area (Å²) in [5.74, 6) is 0.510. The summed E-state index contributed by atoms with van der Waals surface area (Å²) in [7, 11) is 0. The lowest BCUT2D eigenvalue weighted by Crippen LogP contribution is -2.25. The number of carbonyl (C=O) groups is 1. The van der Waals surface area contributed by atoms with Crippen LogP contribution in [0.25, 0.3) is 0 Å². The first kappa shape index (κ1) is 11.9. The molecule has 4 nitrogen and oxygen atoms in total. The second-order valence-electron chi connectivity index (χ2n) is 3.53. The molecule has 2 heterocycles. The number of carbonyl (C=O) groups excluding carboxylic acids is 1. The topological polar surface area (TPSA) is 46.1 Å². The Bertz CT molecular complexity index is 406. The van der Waals surface area contributed by atoms with Gasteiger partial charge in [0.15, 0.2) is 10.3 Å². The summed E-state index contributed by atoms with van der Waals surface area (Å²) in [6.07, 6.45) is 1.67. The van der Waals surface area contributed by atoms with E-state index in [9.17, 15) is 4.79 Å². The number of anilines is 1. The molecule has 0 spiro atoms. The molecule has 1 aromatic rings. The fourth-order valence-electron chi connectivity index (χ4n) is 1.66. The van der Waals surface area contributed by atoms with Gasteiger partial charge in [0.1, 0.15) is 12.0 Å². The van der Waals surface area contributed by atoms with Gasteiger partial charge in [-0.05, 0) is 5.92 Å². The van der Waals surface area contributed by atoms with E-state index in [0.29, 0.717) is 24.5 Å². The molecule has 1 fully saturated rings. The largest absolute Gasteiger partial charge is 0.307 e. The zero-order valence-corrected chi connectivity index (χ0v) is 10.4. The predicted octanol–water partition coefficient (Wildman–Crippen LogP) is 2.38. The molecule has 1 aliphatic rings. The third-order valence-corrected chi connectivity index (χ3v) is 3.42. The van der Waals surface area contributed by atoms with Gasteiger partial charge in [-0.3, -0.25) is 4.79 Å². The molecule has 1 aliphatic heterocycles. The van der Waals surface area contributed by atoms with Crippen molar-refractivity contribution in [3.63, 3.8) is 0 Å². The number of rotatable bonds is 2. The summed E-state index contributed by atoms with van der Waals surface area (Å²) in [5, 5.41) is 0.368. The Morgan fingerprint density at radius 1 is 1.38 bits per heavy atom. The molecule has 1 atom stereocenters. The molecule has 1 unspecified atom stereocenters. The fraction of sp³-hybridized carbons (Fsp3) is 0.444. The van der Waals surface area contributed by atoms with Crippen molar-refractivity contribution in [2.45, 2.75) is 6.42 Å². The van der Waals surface area contributed by atoms with Gasteiger partial charge in [0, 0.05) is 18.8 Å². The van der Waals surface area contributed by atoms with Crippen LogP contribution >= 0.6 is 34.8 Å². The second kappa shape index (κ2) is 4.73. The third kappa shape index (κ3) is 2.10. The third-order valence-electron chi connectivity index (χ3n) is 2.43. The van der Waals surface area contributed by atoms with E-state index in [1.165, 1.54) is 11.2 Å².